The molecule has 1 aromatic heterocycles. The highest BCUT2D eigenvalue weighted by molar-refractivity contribution is 5.85. The normalized spacial score (nSPS) is 20.2. The van der Waals surface area contributed by atoms with E-state index in [0.29, 0.717) is 6.04 Å². The first-order valence-electron chi connectivity index (χ1n) is 4.28. The molecule has 1 aliphatic heterocycles. The SMILES string of the molecule is C1=CNC(c2ccncc2)CC1.Cl. The maximum atomic E-state index is 3.99. The molecule has 1 aliphatic rings. The molecule has 2 rings (SSSR count). The fourth-order valence-corrected chi connectivity index (χ4v) is 1.47. The summed E-state index contributed by atoms with van der Waals surface area (Å²) >= 11 is 0. The monoisotopic (exact) mass is 196 g/mol. The van der Waals surface area contributed by atoms with Crippen LogP contribution in [0.15, 0.2) is 36.8 Å². The second kappa shape index (κ2) is 4.87. The van der Waals surface area contributed by atoms with Crippen LogP contribution in [0.3, 0.4) is 0 Å². The van der Waals surface area contributed by atoms with E-state index in [1.807, 2.05) is 18.6 Å². The summed E-state index contributed by atoms with van der Waals surface area (Å²) in [6, 6.07) is 4.62. The number of nitrogens with one attached hydrogen (secondary N) is 1. The van der Waals surface area contributed by atoms with Crippen LogP contribution in [0, 0.1) is 0 Å². The van der Waals surface area contributed by atoms with Crippen molar-refractivity contribution in [3.63, 3.8) is 0 Å². The minimum atomic E-state index is 0. The van der Waals surface area contributed by atoms with Gasteiger partial charge < -0.3 is 5.32 Å². The zero-order valence-electron chi connectivity index (χ0n) is 7.31. The molecule has 70 valence electrons. The summed E-state index contributed by atoms with van der Waals surface area (Å²) < 4.78 is 0. The fourth-order valence-electron chi connectivity index (χ4n) is 1.47. The van der Waals surface area contributed by atoms with E-state index in [0.717, 1.165) is 0 Å². The maximum Gasteiger partial charge on any atom is 0.0512 e. The van der Waals surface area contributed by atoms with E-state index in [1.54, 1.807) is 0 Å². The van der Waals surface area contributed by atoms with Crippen molar-refractivity contribution < 1.29 is 0 Å². The van der Waals surface area contributed by atoms with Crippen molar-refractivity contribution in [1.29, 1.82) is 0 Å². The Kier molecular flexibility index (Phi) is 3.77. The molecular formula is C10H13ClN2. The van der Waals surface area contributed by atoms with Gasteiger partial charge in [-0.2, -0.15) is 0 Å². The van der Waals surface area contributed by atoms with E-state index in [4.69, 9.17) is 0 Å². The van der Waals surface area contributed by atoms with Gasteiger partial charge in [-0.05, 0) is 36.7 Å². The summed E-state index contributed by atoms with van der Waals surface area (Å²) in [6.45, 7) is 0. The largest absolute Gasteiger partial charge is 0.384 e. The Balaban J connectivity index is 0.000000845. The molecule has 0 saturated heterocycles. The van der Waals surface area contributed by atoms with Crippen LogP contribution >= 0.6 is 12.4 Å². The summed E-state index contributed by atoms with van der Waals surface area (Å²) in [5, 5.41) is 3.33. The predicted molar refractivity (Wildman–Crippen MR) is 55.7 cm³/mol. The molecule has 0 aromatic carbocycles. The lowest BCUT2D eigenvalue weighted by Crippen LogP contribution is -2.17. The Labute approximate surface area is 84.5 Å². The van der Waals surface area contributed by atoms with Gasteiger partial charge in [0.15, 0.2) is 0 Å². The number of allylic oxidation sites excluding steroid dienone is 1. The molecular weight excluding hydrogens is 184 g/mol. The Morgan fingerprint density at radius 2 is 2.08 bits per heavy atom. The van der Waals surface area contributed by atoms with Crippen LogP contribution in [0.2, 0.25) is 0 Å². The third-order valence-electron chi connectivity index (χ3n) is 2.15. The molecule has 0 amide bonds. The number of pyridine rings is 1. The van der Waals surface area contributed by atoms with E-state index in [9.17, 15) is 0 Å². The molecule has 0 bridgehead atoms. The van der Waals surface area contributed by atoms with E-state index >= 15 is 0 Å². The van der Waals surface area contributed by atoms with Gasteiger partial charge in [-0.15, -0.1) is 12.4 Å². The average molecular weight is 197 g/mol. The number of hydrogen-bond acceptors (Lipinski definition) is 2. The van der Waals surface area contributed by atoms with Gasteiger partial charge in [0.1, 0.15) is 0 Å². The van der Waals surface area contributed by atoms with Gasteiger partial charge in [0.05, 0.1) is 6.04 Å². The zero-order valence-corrected chi connectivity index (χ0v) is 8.13. The number of nitrogens with zero attached hydrogens (tertiary/aromatic N) is 1. The number of halogens is 1. The highest BCUT2D eigenvalue weighted by atomic mass is 35.5. The Morgan fingerprint density at radius 3 is 2.69 bits per heavy atom. The summed E-state index contributed by atoms with van der Waals surface area (Å²) in [6.07, 6.45) is 10.2. The zero-order chi connectivity index (χ0) is 8.23. The van der Waals surface area contributed by atoms with Crippen LogP contribution in [-0.2, 0) is 0 Å². The van der Waals surface area contributed by atoms with Gasteiger partial charge in [-0.3, -0.25) is 4.98 Å². The molecule has 2 heterocycles. The van der Waals surface area contributed by atoms with Gasteiger partial charge in [-0.1, -0.05) is 6.08 Å². The molecule has 0 radical (unpaired) electrons. The number of aromatic nitrogens is 1. The van der Waals surface area contributed by atoms with Crippen LogP contribution in [-0.4, -0.2) is 4.98 Å². The Bertz CT molecular complexity index is 272. The van der Waals surface area contributed by atoms with E-state index in [-0.39, 0.29) is 12.4 Å². The van der Waals surface area contributed by atoms with Crippen LogP contribution in [0.25, 0.3) is 0 Å². The van der Waals surface area contributed by atoms with Gasteiger partial charge in [0, 0.05) is 12.4 Å². The van der Waals surface area contributed by atoms with Crippen molar-refractivity contribution in [2.45, 2.75) is 18.9 Å². The van der Waals surface area contributed by atoms with E-state index in [2.05, 4.69) is 28.5 Å². The molecule has 0 spiro atoms. The molecule has 0 fully saturated rings. The van der Waals surface area contributed by atoms with Crippen LogP contribution in [0.4, 0.5) is 0 Å². The molecule has 3 heteroatoms. The van der Waals surface area contributed by atoms with Crippen molar-refractivity contribution >= 4 is 12.4 Å². The van der Waals surface area contributed by atoms with Crippen LogP contribution < -0.4 is 5.32 Å². The molecule has 0 saturated carbocycles. The summed E-state index contributed by atoms with van der Waals surface area (Å²) in [4.78, 5) is 3.99. The van der Waals surface area contributed by atoms with Crippen molar-refractivity contribution in [2.24, 2.45) is 0 Å². The average Bonchev–Trinajstić information content (AvgIpc) is 2.21. The third-order valence-corrected chi connectivity index (χ3v) is 2.15. The minimum absolute atomic E-state index is 0. The topological polar surface area (TPSA) is 24.9 Å². The molecule has 1 aromatic rings. The fraction of sp³-hybridized carbons (Fsp3) is 0.300. The van der Waals surface area contributed by atoms with E-state index in [1.165, 1.54) is 18.4 Å². The van der Waals surface area contributed by atoms with Crippen molar-refractivity contribution in [3.8, 4) is 0 Å². The molecule has 1 atom stereocenters. The van der Waals surface area contributed by atoms with Gasteiger partial charge in [0.25, 0.3) is 0 Å². The van der Waals surface area contributed by atoms with Crippen LogP contribution in [0.5, 0.6) is 0 Å². The maximum absolute atomic E-state index is 3.99. The predicted octanol–water partition coefficient (Wildman–Crippen LogP) is 2.44. The third kappa shape index (κ3) is 2.46. The summed E-state index contributed by atoms with van der Waals surface area (Å²) in [7, 11) is 0. The highest BCUT2D eigenvalue weighted by Crippen LogP contribution is 2.20. The number of hydrogen-bond donors (Lipinski definition) is 1. The first kappa shape index (κ1) is 10.1. The molecule has 0 aliphatic carbocycles. The lowest BCUT2D eigenvalue weighted by molar-refractivity contribution is 0.552. The van der Waals surface area contributed by atoms with Gasteiger partial charge in [-0.25, -0.2) is 0 Å². The van der Waals surface area contributed by atoms with Crippen molar-refractivity contribution in [3.05, 3.63) is 42.4 Å². The minimum Gasteiger partial charge on any atom is -0.384 e. The smallest absolute Gasteiger partial charge is 0.0512 e. The van der Waals surface area contributed by atoms with Gasteiger partial charge in [0.2, 0.25) is 0 Å². The lowest BCUT2D eigenvalue weighted by atomic mass is 10.0. The standard InChI is InChI=1S/C10H12N2.ClH/c1-2-6-12-10(3-1)9-4-7-11-8-5-9;/h2,4-8,10,12H,1,3H2;1H. The van der Waals surface area contributed by atoms with Crippen LogP contribution in [0.1, 0.15) is 24.4 Å². The first-order valence-corrected chi connectivity index (χ1v) is 4.28. The summed E-state index contributed by atoms with van der Waals surface area (Å²) in [5.41, 5.74) is 1.33. The second-order valence-electron chi connectivity index (χ2n) is 2.98. The van der Waals surface area contributed by atoms with Crippen molar-refractivity contribution in [1.82, 2.24) is 10.3 Å². The Morgan fingerprint density at radius 1 is 1.31 bits per heavy atom. The lowest BCUT2D eigenvalue weighted by Gasteiger charge is -2.19. The Hall–Kier alpha value is -1.02. The molecule has 13 heavy (non-hydrogen) atoms. The van der Waals surface area contributed by atoms with Gasteiger partial charge >= 0.3 is 0 Å². The van der Waals surface area contributed by atoms with Crippen molar-refractivity contribution in [2.75, 3.05) is 0 Å². The quantitative estimate of drug-likeness (QED) is 0.747. The second-order valence-corrected chi connectivity index (χ2v) is 2.98. The number of rotatable bonds is 1. The highest BCUT2D eigenvalue weighted by Gasteiger charge is 2.09. The first-order chi connectivity index (χ1) is 5.97. The molecule has 1 unspecified atom stereocenters. The molecule has 2 nitrogen and oxygen atoms in total. The van der Waals surface area contributed by atoms with E-state index < -0.39 is 0 Å². The molecule has 1 N–H and O–H groups in total. The summed E-state index contributed by atoms with van der Waals surface area (Å²) in [5.74, 6) is 0.